The molecule has 4 N–H and O–H groups in total. The molecule has 5 nitrogen and oxygen atoms in total. The Hall–Kier alpha value is -2.57. The lowest BCUT2D eigenvalue weighted by atomic mass is 10.0. The number of carboxylic acid groups (broad SMARTS) is 1. The first-order chi connectivity index (χ1) is 14.0. The van der Waals surface area contributed by atoms with Gasteiger partial charge in [-0.1, -0.05) is 48.0 Å². The standard InChI is InChI=1S/C23H23ClN2O3.ClH/c24-20-3-1-2-19(14-20)22(27)15-25-12-13-26-21-10-8-17(9-11-21)16-4-6-18(7-5-16)23(28)29;/h1-11,14,22,25-27H,12-13,15H2,(H,28,29);1H/t22-;/m0./s1. The molecule has 0 saturated heterocycles. The summed E-state index contributed by atoms with van der Waals surface area (Å²) in [6.45, 7) is 1.87. The molecule has 0 unspecified atom stereocenters. The quantitative estimate of drug-likeness (QED) is 0.352. The predicted molar refractivity (Wildman–Crippen MR) is 124 cm³/mol. The van der Waals surface area contributed by atoms with Gasteiger partial charge in [0.25, 0.3) is 0 Å². The molecular weight excluding hydrogens is 423 g/mol. The Labute approximate surface area is 187 Å². The summed E-state index contributed by atoms with van der Waals surface area (Å²) in [6.07, 6.45) is -0.597. The molecule has 0 aliphatic carbocycles. The van der Waals surface area contributed by atoms with Gasteiger partial charge in [-0.3, -0.25) is 0 Å². The van der Waals surface area contributed by atoms with Crippen molar-refractivity contribution in [2.75, 3.05) is 25.0 Å². The number of nitrogens with one attached hydrogen (secondary N) is 2. The number of aromatic carboxylic acids is 1. The third-order valence-electron chi connectivity index (χ3n) is 4.55. The molecule has 0 fully saturated rings. The number of halogens is 2. The van der Waals surface area contributed by atoms with E-state index >= 15 is 0 Å². The van der Waals surface area contributed by atoms with E-state index in [0.717, 1.165) is 28.9 Å². The van der Waals surface area contributed by atoms with Crippen LogP contribution in [-0.2, 0) is 0 Å². The zero-order valence-electron chi connectivity index (χ0n) is 16.2. The number of rotatable bonds is 9. The molecule has 0 aromatic heterocycles. The first-order valence-corrected chi connectivity index (χ1v) is 9.72. The van der Waals surface area contributed by atoms with Crippen molar-refractivity contribution in [3.63, 3.8) is 0 Å². The Morgan fingerprint density at radius 3 is 2.17 bits per heavy atom. The Kier molecular flexibility index (Phi) is 9.15. The van der Waals surface area contributed by atoms with Crippen LogP contribution in [0.2, 0.25) is 5.02 Å². The van der Waals surface area contributed by atoms with Gasteiger partial charge in [0.05, 0.1) is 11.7 Å². The van der Waals surface area contributed by atoms with Crippen molar-refractivity contribution in [1.82, 2.24) is 5.32 Å². The first kappa shape index (κ1) is 23.7. The Bertz CT molecular complexity index is 947. The molecular formula is C23H24Cl2N2O3. The lowest BCUT2D eigenvalue weighted by molar-refractivity contribution is 0.0697. The van der Waals surface area contributed by atoms with E-state index in [1.807, 2.05) is 36.4 Å². The van der Waals surface area contributed by atoms with Gasteiger partial charge in [0.2, 0.25) is 0 Å². The molecule has 158 valence electrons. The zero-order valence-corrected chi connectivity index (χ0v) is 17.8. The highest BCUT2D eigenvalue weighted by Gasteiger charge is 2.07. The van der Waals surface area contributed by atoms with Crippen LogP contribution in [-0.4, -0.2) is 35.8 Å². The van der Waals surface area contributed by atoms with Crippen LogP contribution in [0.5, 0.6) is 0 Å². The summed E-state index contributed by atoms with van der Waals surface area (Å²) in [5.74, 6) is -0.926. The second-order valence-corrected chi connectivity index (χ2v) is 7.10. The summed E-state index contributed by atoms with van der Waals surface area (Å²) in [7, 11) is 0. The molecule has 0 heterocycles. The monoisotopic (exact) mass is 446 g/mol. The molecule has 7 heteroatoms. The fraction of sp³-hybridized carbons (Fsp3) is 0.174. The average molecular weight is 447 g/mol. The SMILES string of the molecule is Cl.O=C(O)c1ccc(-c2ccc(NCCNC[C@H](O)c3cccc(Cl)c3)cc2)cc1. The van der Waals surface area contributed by atoms with Crippen LogP contribution in [0.15, 0.2) is 72.8 Å². The summed E-state index contributed by atoms with van der Waals surface area (Å²) >= 11 is 5.95. The Morgan fingerprint density at radius 1 is 0.933 bits per heavy atom. The van der Waals surface area contributed by atoms with Gasteiger partial charge in [-0.2, -0.15) is 0 Å². The molecule has 1 atom stereocenters. The van der Waals surface area contributed by atoms with Gasteiger partial charge < -0.3 is 20.8 Å². The Morgan fingerprint density at radius 2 is 1.57 bits per heavy atom. The number of aliphatic hydroxyl groups excluding tert-OH is 1. The fourth-order valence-electron chi connectivity index (χ4n) is 2.95. The van der Waals surface area contributed by atoms with E-state index < -0.39 is 12.1 Å². The van der Waals surface area contributed by atoms with Crippen LogP contribution >= 0.6 is 24.0 Å². The summed E-state index contributed by atoms with van der Waals surface area (Å²) < 4.78 is 0. The van der Waals surface area contributed by atoms with E-state index in [2.05, 4.69) is 10.6 Å². The van der Waals surface area contributed by atoms with Crippen molar-refractivity contribution in [3.05, 3.63) is 88.9 Å². The maximum absolute atomic E-state index is 10.9. The second kappa shape index (κ2) is 11.6. The number of carbonyl (C=O) groups is 1. The zero-order chi connectivity index (χ0) is 20.6. The van der Waals surface area contributed by atoms with Gasteiger partial charge in [-0.25, -0.2) is 4.79 Å². The second-order valence-electron chi connectivity index (χ2n) is 6.66. The van der Waals surface area contributed by atoms with E-state index in [0.29, 0.717) is 18.1 Å². The Balaban J connectivity index is 0.00000320. The third kappa shape index (κ3) is 6.75. The lowest BCUT2D eigenvalue weighted by Gasteiger charge is -2.13. The molecule has 0 aliphatic heterocycles. The summed E-state index contributed by atoms with van der Waals surface area (Å²) in [4.78, 5) is 10.9. The molecule has 3 aromatic rings. The number of aliphatic hydroxyl groups is 1. The molecule has 0 bridgehead atoms. The summed E-state index contributed by atoms with van der Waals surface area (Å²) in [6, 6.07) is 22.0. The van der Waals surface area contributed by atoms with Crippen LogP contribution in [0.25, 0.3) is 11.1 Å². The highest BCUT2D eigenvalue weighted by Crippen LogP contribution is 2.22. The van der Waals surface area contributed by atoms with Gasteiger partial charge in [-0.05, 0) is 53.1 Å². The number of hydrogen-bond acceptors (Lipinski definition) is 4. The van der Waals surface area contributed by atoms with Crippen molar-refractivity contribution in [2.45, 2.75) is 6.10 Å². The minimum absolute atomic E-state index is 0. The van der Waals surface area contributed by atoms with Gasteiger partial charge in [0, 0.05) is 30.3 Å². The molecule has 0 spiro atoms. The van der Waals surface area contributed by atoms with E-state index in [4.69, 9.17) is 16.7 Å². The predicted octanol–water partition coefficient (Wildman–Crippen LogP) is 4.86. The van der Waals surface area contributed by atoms with Gasteiger partial charge in [-0.15, -0.1) is 12.4 Å². The van der Waals surface area contributed by atoms with Crippen LogP contribution in [0.1, 0.15) is 22.0 Å². The van der Waals surface area contributed by atoms with E-state index in [9.17, 15) is 9.90 Å². The molecule has 0 saturated carbocycles. The summed E-state index contributed by atoms with van der Waals surface area (Å²) in [5, 5.41) is 26.3. The number of carboxylic acids is 1. The van der Waals surface area contributed by atoms with Crippen molar-refractivity contribution in [2.24, 2.45) is 0 Å². The van der Waals surface area contributed by atoms with Gasteiger partial charge in [0.15, 0.2) is 0 Å². The van der Waals surface area contributed by atoms with Gasteiger partial charge in [0.1, 0.15) is 0 Å². The largest absolute Gasteiger partial charge is 0.478 e. The van der Waals surface area contributed by atoms with Gasteiger partial charge >= 0.3 is 5.97 Å². The minimum Gasteiger partial charge on any atom is -0.478 e. The summed E-state index contributed by atoms with van der Waals surface area (Å²) in [5.41, 5.74) is 4.06. The van der Waals surface area contributed by atoms with Crippen molar-refractivity contribution in [3.8, 4) is 11.1 Å². The fourth-order valence-corrected chi connectivity index (χ4v) is 3.15. The molecule has 30 heavy (non-hydrogen) atoms. The van der Waals surface area contributed by atoms with Crippen LogP contribution in [0.4, 0.5) is 5.69 Å². The van der Waals surface area contributed by atoms with Crippen LogP contribution in [0, 0.1) is 0 Å². The normalized spacial score (nSPS) is 11.4. The van der Waals surface area contributed by atoms with Crippen LogP contribution < -0.4 is 10.6 Å². The highest BCUT2D eigenvalue weighted by atomic mass is 35.5. The third-order valence-corrected chi connectivity index (χ3v) is 4.79. The molecule has 0 radical (unpaired) electrons. The number of anilines is 1. The first-order valence-electron chi connectivity index (χ1n) is 9.35. The minimum atomic E-state index is -0.926. The smallest absolute Gasteiger partial charge is 0.335 e. The molecule has 0 amide bonds. The van der Waals surface area contributed by atoms with Crippen molar-refractivity contribution < 1.29 is 15.0 Å². The molecule has 3 aromatic carbocycles. The lowest BCUT2D eigenvalue weighted by Crippen LogP contribution is -2.26. The maximum Gasteiger partial charge on any atom is 0.335 e. The maximum atomic E-state index is 10.9. The molecule has 0 aliphatic rings. The highest BCUT2D eigenvalue weighted by molar-refractivity contribution is 6.30. The van der Waals surface area contributed by atoms with Crippen molar-refractivity contribution >= 4 is 35.7 Å². The topological polar surface area (TPSA) is 81.6 Å². The van der Waals surface area contributed by atoms with Crippen molar-refractivity contribution in [1.29, 1.82) is 0 Å². The van der Waals surface area contributed by atoms with E-state index in [-0.39, 0.29) is 18.0 Å². The van der Waals surface area contributed by atoms with E-state index in [1.54, 1.807) is 36.4 Å². The average Bonchev–Trinajstić information content (AvgIpc) is 2.74. The van der Waals surface area contributed by atoms with E-state index in [1.165, 1.54) is 0 Å². The number of hydrogen-bond donors (Lipinski definition) is 4. The van der Waals surface area contributed by atoms with Crippen LogP contribution in [0.3, 0.4) is 0 Å². The number of benzene rings is 3. The molecule has 3 rings (SSSR count).